The summed E-state index contributed by atoms with van der Waals surface area (Å²) < 4.78 is 39.3. The summed E-state index contributed by atoms with van der Waals surface area (Å²) in [6.45, 7) is 9.02. The zero-order valence-corrected chi connectivity index (χ0v) is 22.6. The van der Waals surface area contributed by atoms with Crippen LogP contribution in [0.3, 0.4) is 0 Å². The van der Waals surface area contributed by atoms with E-state index in [2.05, 4.69) is 6.58 Å². The zero-order chi connectivity index (χ0) is 25.8. The number of rotatable bonds is 16. The summed E-state index contributed by atoms with van der Waals surface area (Å²) in [5.74, 6) is 2.28. The molecule has 2 rings (SSSR count). The molecule has 0 saturated heterocycles. The quantitative estimate of drug-likeness (QED) is 0.211. The fourth-order valence-corrected chi connectivity index (χ4v) is 4.74. The number of benzene rings is 2. The summed E-state index contributed by atoms with van der Waals surface area (Å²) in [4.78, 5) is 11.1. The Bertz CT molecular complexity index is 927. The van der Waals surface area contributed by atoms with Gasteiger partial charge in [0.1, 0.15) is 0 Å². The van der Waals surface area contributed by atoms with E-state index in [1.165, 1.54) is 7.11 Å². The summed E-state index contributed by atoms with van der Waals surface area (Å²) in [5, 5.41) is 0. The van der Waals surface area contributed by atoms with E-state index in [9.17, 15) is 4.89 Å². The molecule has 9 heteroatoms. The van der Waals surface area contributed by atoms with Crippen LogP contribution in [-0.4, -0.2) is 46.5 Å². The van der Waals surface area contributed by atoms with Gasteiger partial charge in [-0.25, -0.2) is 0 Å². The van der Waals surface area contributed by atoms with Crippen molar-refractivity contribution >= 4 is 13.7 Å². The van der Waals surface area contributed by atoms with Crippen LogP contribution in [0.15, 0.2) is 36.9 Å². The monoisotopic (exact) mass is 510 g/mol. The van der Waals surface area contributed by atoms with Crippen LogP contribution in [-0.2, 0) is 9.05 Å². The number of hydrogen-bond donors (Lipinski definition) is 1. The molecule has 0 fully saturated rings. The van der Waals surface area contributed by atoms with Crippen LogP contribution in [0, 0.1) is 0 Å². The van der Waals surface area contributed by atoms with E-state index in [1.807, 2.05) is 32.0 Å². The average Bonchev–Trinajstić information content (AvgIpc) is 2.87. The Kier molecular flexibility index (Phi) is 11.6. The second kappa shape index (κ2) is 14.1. The molecule has 0 saturated carbocycles. The summed E-state index contributed by atoms with van der Waals surface area (Å²) in [6.07, 6.45) is 3.41. The third kappa shape index (κ3) is 7.74. The maximum atomic E-state index is 11.1. The number of unbranched alkanes of at least 4 members (excludes halogenated alkanes) is 2. The normalized spacial score (nSPS) is 11.6. The average molecular weight is 511 g/mol. The second-order valence-corrected chi connectivity index (χ2v) is 9.62. The molecule has 35 heavy (non-hydrogen) atoms. The molecular weight excluding hydrogens is 471 g/mol. The molecular formula is C26H39O8P. The molecule has 1 N–H and O–H groups in total. The molecule has 0 aliphatic heterocycles. The van der Waals surface area contributed by atoms with Gasteiger partial charge in [-0.1, -0.05) is 0 Å². The van der Waals surface area contributed by atoms with Gasteiger partial charge >= 0.3 is 209 Å². The van der Waals surface area contributed by atoms with Gasteiger partial charge in [0, 0.05) is 0 Å². The maximum absolute atomic E-state index is 11.1. The Morgan fingerprint density at radius 2 is 1.26 bits per heavy atom. The fraction of sp³-hybridized carbons (Fsp3) is 0.462. The molecule has 0 heterocycles. The first-order valence-electron chi connectivity index (χ1n) is 11.7. The molecule has 2 aromatic rings. The Hall–Kier alpha value is -2.51. The Morgan fingerprint density at radius 3 is 1.71 bits per heavy atom. The van der Waals surface area contributed by atoms with Crippen molar-refractivity contribution in [2.24, 2.45) is 0 Å². The van der Waals surface area contributed by atoms with Crippen molar-refractivity contribution in [3.63, 3.8) is 0 Å². The van der Waals surface area contributed by atoms with Crippen LogP contribution in [0.2, 0.25) is 0 Å². The topological polar surface area (TPSA) is 84.8 Å². The van der Waals surface area contributed by atoms with Gasteiger partial charge in [-0.05, 0) is 0 Å². The van der Waals surface area contributed by atoms with Crippen molar-refractivity contribution in [3.05, 3.63) is 48.0 Å². The minimum absolute atomic E-state index is 0.306. The van der Waals surface area contributed by atoms with Gasteiger partial charge in [0.2, 0.25) is 0 Å². The molecule has 2 aromatic carbocycles. The minimum atomic E-state index is -3.96. The van der Waals surface area contributed by atoms with Crippen LogP contribution in [0.4, 0.5) is 0 Å². The zero-order valence-electron chi connectivity index (χ0n) is 21.6. The number of ether oxygens (including phenoxy) is 4. The second-order valence-electron chi connectivity index (χ2n) is 7.79. The first-order valence-corrected chi connectivity index (χ1v) is 13.4. The Labute approximate surface area is 209 Å². The Morgan fingerprint density at radius 1 is 0.743 bits per heavy atom. The predicted molar refractivity (Wildman–Crippen MR) is 140 cm³/mol. The summed E-state index contributed by atoms with van der Waals surface area (Å²) in [5.41, 5.74) is 2.19. The molecule has 0 radical (unpaired) electrons. The van der Waals surface area contributed by atoms with E-state index in [-0.39, 0.29) is 0 Å². The molecule has 196 valence electrons. The third-order valence-corrected chi connectivity index (χ3v) is 6.94. The summed E-state index contributed by atoms with van der Waals surface area (Å²) in [7, 11) is 2.25. The van der Waals surface area contributed by atoms with E-state index in [0.29, 0.717) is 47.5 Å². The molecule has 0 spiro atoms. The van der Waals surface area contributed by atoms with Gasteiger partial charge < -0.3 is 0 Å². The summed E-state index contributed by atoms with van der Waals surface area (Å²) >= 11 is 0. The molecule has 0 bridgehead atoms. The van der Waals surface area contributed by atoms with Crippen molar-refractivity contribution in [1.29, 1.82) is 0 Å². The van der Waals surface area contributed by atoms with E-state index in [1.54, 1.807) is 33.5 Å². The first-order chi connectivity index (χ1) is 16.9. The Balaban J connectivity index is 2.41. The van der Waals surface area contributed by atoms with E-state index >= 15 is 0 Å². The van der Waals surface area contributed by atoms with E-state index in [4.69, 9.17) is 32.5 Å². The van der Waals surface area contributed by atoms with Gasteiger partial charge in [0.05, 0.1) is 0 Å². The summed E-state index contributed by atoms with van der Waals surface area (Å²) in [6, 6.07) is 8.99. The number of hydrogen-bond acceptors (Lipinski definition) is 8. The van der Waals surface area contributed by atoms with Crippen molar-refractivity contribution < 1.29 is 37.4 Å². The van der Waals surface area contributed by atoms with Crippen molar-refractivity contribution in [3.8, 4) is 28.7 Å². The van der Waals surface area contributed by atoms with Crippen molar-refractivity contribution in [2.75, 3.05) is 41.7 Å². The predicted octanol–water partition coefficient (Wildman–Crippen LogP) is 6.20. The number of methoxy groups -OCH3 is 4. The van der Waals surface area contributed by atoms with Gasteiger partial charge in [-0.15, -0.1) is 0 Å². The third-order valence-electron chi connectivity index (χ3n) is 5.33. The molecule has 0 aliphatic rings. The van der Waals surface area contributed by atoms with Crippen LogP contribution in [0.5, 0.6) is 28.7 Å². The molecule has 8 nitrogen and oxygen atoms in total. The SMILES string of the molecule is C=C(c1ccc(OC)c(O[PH](O)(OCCCC)OCCCC)c1)c1cc(OC)c(OC)c(OC)c1. The first kappa shape index (κ1) is 28.7. The molecule has 0 amide bonds. The standard InChI is InChI=1S/C26H39O8P/c1-8-10-14-32-35(27,33-15-11-9-2)34-23-16-20(12-13-22(23)28-4)19(3)21-17-24(29-5)26(31-7)25(18-21)30-6/h12-13,16-18,27,35H,3,8-11,14-15H2,1-2,4-7H3. The van der Waals surface area contributed by atoms with Crippen LogP contribution < -0.4 is 23.5 Å². The van der Waals surface area contributed by atoms with Crippen molar-refractivity contribution in [1.82, 2.24) is 0 Å². The van der Waals surface area contributed by atoms with Gasteiger partial charge in [-0.3, -0.25) is 0 Å². The van der Waals surface area contributed by atoms with Crippen LogP contribution in [0.25, 0.3) is 5.57 Å². The molecule has 0 unspecified atom stereocenters. The van der Waals surface area contributed by atoms with Crippen molar-refractivity contribution in [2.45, 2.75) is 39.5 Å². The van der Waals surface area contributed by atoms with E-state index in [0.717, 1.165) is 36.8 Å². The van der Waals surface area contributed by atoms with Crippen LogP contribution in [0.1, 0.15) is 50.7 Å². The fourth-order valence-electron chi connectivity index (χ4n) is 3.30. The molecule has 0 aliphatic carbocycles. The van der Waals surface area contributed by atoms with E-state index < -0.39 is 8.17 Å². The van der Waals surface area contributed by atoms with Gasteiger partial charge in [0.15, 0.2) is 0 Å². The van der Waals surface area contributed by atoms with Gasteiger partial charge in [0.25, 0.3) is 0 Å². The van der Waals surface area contributed by atoms with Crippen LogP contribution >= 0.6 is 8.17 Å². The molecule has 0 aromatic heterocycles. The van der Waals surface area contributed by atoms with Gasteiger partial charge in [-0.2, -0.15) is 0 Å². The molecule has 0 atom stereocenters.